The average Bonchev–Trinajstić information content (AvgIpc) is 2.53. The summed E-state index contributed by atoms with van der Waals surface area (Å²) in [4.78, 5) is 23.8. The number of hydrazine groups is 1. The van der Waals surface area contributed by atoms with E-state index < -0.39 is 11.7 Å². The van der Waals surface area contributed by atoms with Crippen molar-refractivity contribution >= 4 is 12.0 Å². The minimum absolute atomic E-state index is 0.0939. The van der Waals surface area contributed by atoms with E-state index in [2.05, 4.69) is 10.7 Å². The van der Waals surface area contributed by atoms with Crippen molar-refractivity contribution in [3.05, 3.63) is 35.4 Å². The number of alkyl carbamates (subject to hydrolysis) is 1. The van der Waals surface area contributed by atoms with Gasteiger partial charge in [-0.25, -0.2) is 9.80 Å². The summed E-state index contributed by atoms with van der Waals surface area (Å²) < 4.78 is 5.19. The van der Waals surface area contributed by atoms with Crippen molar-refractivity contribution in [3.8, 4) is 0 Å². The zero-order chi connectivity index (χ0) is 17.6. The van der Waals surface area contributed by atoms with Gasteiger partial charge in [0.2, 0.25) is 0 Å². The van der Waals surface area contributed by atoms with E-state index in [9.17, 15) is 9.59 Å². The van der Waals surface area contributed by atoms with Crippen molar-refractivity contribution in [1.29, 1.82) is 0 Å². The summed E-state index contributed by atoms with van der Waals surface area (Å²) >= 11 is 0. The number of nitrogens with one attached hydrogen (secondary N) is 2. The van der Waals surface area contributed by atoms with E-state index in [1.807, 2.05) is 37.9 Å². The predicted octanol–water partition coefficient (Wildman–Crippen LogP) is 2.84. The molecule has 24 heavy (non-hydrogen) atoms. The highest BCUT2D eigenvalue weighted by atomic mass is 16.6. The molecule has 132 valence electrons. The number of carbonyl (C=O) groups excluding carboxylic acids is 2. The Morgan fingerprint density at radius 3 is 2.29 bits per heavy atom. The van der Waals surface area contributed by atoms with Crippen LogP contribution in [-0.4, -0.2) is 35.7 Å². The van der Waals surface area contributed by atoms with Crippen LogP contribution >= 0.6 is 0 Å². The number of nitrogens with zero attached hydrogens (tertiary/aromatic N) is 1. The number of rotatable bonds is 4. The van der Waals surface area contributed by atoms with Gasteiger partial charge in [0.15, 0.2) is 0 Å². The van der Waals surface area contributed by atoms with Crippen LogP contribution in [0.5, 0.6) is 0 Å². The van der Waals surface area contributed by atoms with Gasteiger partial charge in [-0.15, -0.1) is 0 Å². The van der Waals surface area contributed by atoms with Crippen molar-refractivity contribution in [1.82, 2.24) is 15.8 Å². The van der Waals surface area contributed by atoms with Crippen molar-refractivity contribution in [3.63, 3.8) is 0 Å². The first-order valence-electron chi connectivity index (χ1n) is 8.45. The molecule has 2 N–H and O–H groups in total. The molecule has 1 aliphatic heterocycles. The predicted molar refractivity (Wildman–Crippen MR) is 92.4 cm³/mol. The van der Waals surface area contributed by atoms with E-state index in [-0.39, 0.29) is 5.91 Å². The molecule has 6 nitrogen and oxygen atoms in total. The largest absolute Gasteiger partial charge is 0.444 e. The first-order valence-corrected chi connectivity index (χ1v) is 8.45. The summed E-state index contributed by atoms with van der Waals surface area (Å²) in [6, 6.07) is 7.21. The van der Waals surface area contributed by atoms with E-state index in [0.717, 1.165) is 31.5 Å². The summed E-state index contributed by atoms with van der Waals surface area (Å²) in [7, 11) is 0. The number of carbonyl (C=O) groups is 2. The maximum atomic E-state index is 12.2. The van der Waals surface area contributed by atoms with Crippen LogP contribution in [0.1, 0.15) is 56.0 Å². The number of benzene rings is 1. The molecule has 0 atom stereocenters. The number of hydrogen-bond donors (Lipinski definition) is 2. The SMILES string of the molecule is CC(C)(C)OC(=O)NCc1ccc(C(=O)NN2CCCCC2)cc1. The molecule has 0 unspecified atom stereocenters. The molecule has 0 spiro atoms. The quantitative estimate of drug-likeness (QED) is 0.889. The molecule has 0 aliphatic carbocycles. The third kappa shape index (κ3) is 6.20. The van der Waals surface area contributed by atoms with Crippen molar-refractivity contribution < 1.29 is 14.3 Å². The Morgan fingerprint density at radius 2 is 1.71 bits per heavy atom. The summed E-state index contributed by atoms with van der Waals surface area (Å²) in [5, 5.41) is 4.68. The minimum atomic E-state index is -0.513. The van der Waals surface area contributed by atoms with Crippen LogP contribution in [0, 0.1) is 0 Å². The van der Waals surface area contributed by atoms with Gasteiger partial charge in [-0.3, -0.25) is 10.2 Å². The van der Waals surface area contributed by atoms with E-state index in [0.29, 0.717) is 12.1 Å². The third-order valence-electron chi connectivity index (χ3n) is 3.67. The minimum Gasteiger partial charge on any atom is -0.444 e. The third-order valence-corrected chi connectivity index (χ3v) is 3.67. The Morgan fingerprint density at radius 1 is 1.08 bits per heavy atom. The molecule has 1 fully saturated rings. The van der Waals surface area contributed by atoms with Crippen LogP contribution in [0.3, 0.4) is 0 Å². The Balaban J connectivity index is 1.81. The molecular weight excluding hydrogens is 306 g/mol. The highest BCUT2D eigenvalue weighted by Crippen LogP contribution is 2.09. The molecule has 2 amide bonds. The molecule has 0 aromatic heterocycles. The molecular formula is C18H27N3O3. The Hall–Kier alpha value is -2.08. The van der Waals surface area contributed by atoms with E-state index in [4.69, 9.17) is 4.74 Å². The number of ether oxygens (including phenoxy) is 1. The second-order valence-corrected chi connectivity index (χ2v) is 7.04. The Bertz CT molecular complexity index is 558. The number of hydrogen-bond acceptors (Lipinski definition) is 4. The van der Waals surface area contributed by atoms with Crippen LogP contribution in [0.15, 0.2) is 24.3 Å². The molecule has 1 saturated heterocycles. The maximum Gasteiger partial charge on any atom is 0.407 e. The fourth-order valence-electron chi connectivity index (χ4n) is 2.48. The molecule has 0 saturated carbocycles. The second-order valence-electron chi connectivity index (χ2n) is 7.04. The summed E-state index contributed by atoms with van der Waals surface area (Å²) in [5.41, 5.74) is 3.95. The van der Waals surface area contributed by atoms with Crippen LogP contribution in [0.2, 0.25) is 0 Å². The highest BCUT2D eigenvalue weighted by Gasteiger charge is 2.16. The van der Waals surface area contributed by atoms with E-state index in [1.165, 1.54) is 6.42 Å². The van der Waals surface area contributed by atoms with Gasteiger partial charge in [0, 0.05) is 25.2 Å². The fourth-order valence-corrected chi connectivity index (χ4v) is 2.48. The second kappa shape index (κ2) is 8.15. The van der Waals surface area contributed by atoms with Gasteiger partial charge < -0.3 is 10.1 Å². The summed E-state index contributed by atoms with van der Waals surface area (Å²) in [6.45, 7) is 7.64. The van der Waals surface area contributed by atoms with Gasteiger partial charge in [0.1, 0.15) is 5.60 Å². The lowest BCUT2D eigenvalue weighted by molar-refractivity contribution is 0.0523. The van der Waals surface area contributed by atoms with Crippen molar-refractivity contribution in [2.75, 3.05) is 13.1 Å². The molecule has 1 aromatic rings. The van der Waals surface area contributed by atoms with E-state index in [1.54, 1.807) is 12.1 Å². The highest BCUT2D eigenvalue weighted by molar-refractivity contribution is 5.93. The lowest BCUT2D eigenvalue weighted by atomic mass is 10.1. The summed E-state index contributed by atoms with van der Waals surface area (Å²) in [5.74, 6) is -0.0939. The standard InChI is InChI=1S/C18H27N3O3/c1-18(2,3)24-17(23)19-13-14-7-9-15(10-8-14)16(22)20-21-11-5-4-6-12-21/h7-10H,4-6,11-13H2,1-3H3,(H,19,23)(H,20,22). The molecule has 1 aliphatic rings. The lowest BCUT2D eigenvalue weighted by Crippen LogP contribution is -2.45. The van der Waals surface area contributed by atoms with Crippen LogP contribution in [0.4, 0.5) is 4.79 Å². The molecule has 2 rings (SSSR count). The lowest BCUT2D eigenvalue weighted by Gasteiger charge is -2.26. The zero-order valence-electron chi connectivity index (χ0n) is 14.7. The average molecular weight is 333 g/mol. The van der Waals surface area contributed by atoms with Gasteiger partial charge in [-0.05, 0) is 51.3 Å². The first-order chi connectivity index (χ1) is 11.3. The summed E-state index contributed by atoms with van der Waals surface area (Å²) in [6.07, 6.45) is 3.02. The number of amides is 2. The van der Waals surface area contributed by atoms with Gasteiger partial charge in [-0.1, -0.05) is 18.6 Å². The molecule has 1 aromatic carbocycles. The van der Waals surface area contributed by atoms with Gasteiger partial charge in [0.05, 0.1) is 0 Å². The van der Waals surface area contributed by atoms with Crippen LogP contribution in [0.25, 0.3) is 0 Å². The van der Waals surface area contributed by atoms with Gasteiger partial charge >= 0.3 is 6.09 Å². The van der Waals surface area contributed by atoms with Crippen molar-refractivity contribution in [2.45, 2.75) is 52.2 Å². The normalized spacial score (nSPS) is 15.6. The molecule has 6 heteroatoms. The number of piperidine rings is 1. The van der Waals surface area contributed by atoms with Crippen LogP contribution < -0.4 is 10.7 Å². The van der Waals surface area contributed by atoms with Crippen LogP contribution in [-0.2, 0) is 11.3 Å². The Kier molecular flexibility index (Phi) is 6.20. The first kappa shape index (κ1) is 18.3. The molecule has 0 radical (unpaired) electrons. The zero-order valence-corrected chi connectivity index (χ0v) is 14.7. The topological polar surface area (TPSA) is 70.7 Å². The van der Waals surface area contributed by atoms with Crippen molar-refractivity contribution in [2.24, 2.45) is 0 Å². The Labute approximate surface area is 143 Å². The van der Waals surface area contributed by atoms with Gasteiger partial charge in [-0.2, -0.15) is 0 Å². The molecule has 1 heterocycles. The smallest absolute Gasteiger partial charge is 0.407 e. The fraction of sp³-hybridized carbons (Fsp3) is 0.556. The molecule has 0 bridgehead atoms. The van der Waals surface area contributed by atoms with E-state index >= 15 is 0 Å². The monoisotopic (exact) mass is 333 g/mol. The maximum absolute atomic E-state index is 12.2. The van der Waals surface area contributed by atoms with Gasteiger partial charge in [0.25, 0.3) is 5.91 Å².